The summed E-state index contributed by atoms with van der Waals surface area (Å²) in [4.78, 5) is 0. The summed E-state index contributed by atoms with van der Waals surface area (Å²) < 4.78 is 0.978. The van der Waals surface area contributed by atoms with Crippen LogP contribution in [0.5, 0.6) is 5.75 Å². The first-order valence-electron chi connectivity index (χ1n) is 4.25. The van der Waals surface area contributed by atoms with E-state index in [0.29, 0.717) is 6.42 Å². The average Bonchev–Trinajstić information content (AvgIpc) is 2.06. The van der Waals surface area contributed by atoms with E-state index in [9.17, 15) is 5.11 Å². The highest BCUT2D eigenvalue weighted by molar-refractivity contribution is 9.10. The molecule has 0 aliphatic rings. The maximum atomic E-state index is 9.22. The highest BCUT2D eigenvalue weighted by atomic mass is 79.9. The van der Waals surface area contributed by atoms with Crippen molar-refractivity contribution < 1.29 is 10.2 Å². The summed E-state index contributed by atoms with van der Waals surface area (Å²) in [5, 5.41) is 18.3. The van der Waals surface area contributed by atoms with Gasteiger partial charge in [-0.1, -0.05) is 15.9 Å². The van der Waals surface area contributed by atoms with Crippen molar-refractivity contribution >= 4 is 15.9 Å². The van der Waals surface area contributed by atoms with Gasteiger partial charge in [-0.3, -0.25) is 0 Å². The predicted molar refractivity (Wildman–Crippen MR) is 55.8 cm³/mol. The number of aliphatic hydroxyl groups is 1. The highest BCUT2D eigenvalue weighted by Crippen LogP contribution is 2.23. The fourth-order valence-electron chi connectivity index (χ4n) is 1.12. The molecule has 1 aromatic rings. The number of hydrogen-bond donors (Lipinski definition) is 2. The minimum Gasteiger partial charge on any atom is -0.508 e. The molecule has 0 radical (unpaired) electrons. The van der Waals surface area contributed by atoms with Crippen LogP contribution in [0.2, 0.25) is 0 Å². The summed E-state index contributed by atoms with van der Waals surface area (Å²) in [6.07, 6.45) is 1.18. The maximum Gasteiger partial charge on any atom is 0.115 e. The third-order valence-corrected chi connectivity index (χ3v) is 2.63. The SMILES string of the molecule is C[C@@H](O)CCc1cc(O)ccc1Br. The van der Waals surface area contributed by atoms with Crippen LogP contribution in [0.1, 0.15) is 18.9 Å². The third kappa shape index (κ3) is 3.36. The molecule has 0 heterocycles. The molecule has 3 heteroatoms. The van der Waals surface area contributed by atoms with Gasteiger partial charge in [-0.2, -0.15) is 0 Å². The van der Waals surface area contributed by atoms with Gasteiger partial charge in [0, 0.05) is 4.47 Å². The van der Waals surface area contributed by atoms with E-state index < -0.39 is 0 Å². The lowest BCUT2D eigenvalue weighted by atomic mass is 10.1. The van der Waals surface area contributed by atoms with Crippen molar-refractivity contribution in [3.8, 4) is 5.75 Å². The largest absolute Gasteiger partial charge is 0.508 e. The molecule has 1 aromatic carbocycles. The van der Waals surface area contributed by atoms with Crippen molar-refractivity contribution in [1.82, 2.24) is 0 Å². The molecular formula is C10H13BrO2. The van der Waals surface area contributed by atoms with E-state index in [1.54, 1.807) is 19.1 Å². The molecule has 0 aromatic heterocycles. The van der Waals surface area contributed by atoms with Crippen molar-refractivity contribution in [3.63, 3.8) is 0 Å². The van der Waals surface area contributed by atoms with Crippen LogP contribution in [0.3, 0.4) is 0 Å². The molecule has 0 spiro atoms. The Balaban J connectivity index is 2.70. The minimum atomic E-state index is -0.297. The van der Waals surface area contributed by atoms with Gasteiger partial charge >= 0.3 is 0 Å². The number of halogens is 1. The van der Waals surface area contributed by atoms with Gasteiger partial charge in [-0.15, -0.1) is 0 Å². The first kappa shape index (κ1) is 10.5. The van der Waals surface area contributed by atoms with Gasteiger partial charge in [-0.05, 0) is 43.5 Å². The first-order chi connectivity index (χ1) is 6.09. The molecule has 0 saturated carbocycles. The van der Waals surface area contributed by atoms with Crippen molar-refractivity contribution in [2.45, 2.75) is 25.9 Å². The van der Waals surface area contributed by atoms with Gasteiger partial charge in [0.2, 0.25) is 0 Å². The second-order valence-electron chi connectivity index (χ2n) is 3.16. The van der Waals surface area contributed by atoms with E-state index in [1.165, 1.54) is 0 Å². The van der Waals surface area contributed by atoms with E-state index in [1.807, 2.05) is 6.07 Å². The number of phenolic OH excluding ortho intramolecular Hbond substituents is 1. The summed E-state index contributed by atoms with van der Waals surface area (Å²) in [5.41, 5.74) is 1.03. The summed E-state index contributed by atoms with van der Waals surface area (Å²) >= 11 is 3.39. The van der Waals surface area contributed by atoms with Crippen molar-refractivity contribution in [2.24, 2.45) is 0 Å². The molecule has 0 bridgehead atoms. The van der Waals surface area contributed by atoms with E-state index in [-0.39, 0.29) is 11.9 Å². The number of rotatable bonds is 3. The van der Waals surface area contributed by atoms with Crippen LogP contribution >= 0.6 is 15.9 Å². The Kier molecular flexibility index (Phi) is 3.75. The van der Waals surface area contributed by atoms with Gasteiger partial charge < -0.3 is 10.2 Å². The molecule has 2 N–H and O–H groups in total. The van der Waals surface area contributed by atoms with Gasteiger partial charge in [0.05, 0.1) is 6.10 Å². The lowest BCUT2D eigenvalue weighted by Gasteiger charge is -2.06. The monoisotopic (exact) mass is 244 g/mol. The number of benzene rings is 1. The van der Waals surface area contributed by atoms with Gasteiger partial charge in [0.1, 0.15) is 5.75 Å². The standard InChI is InChI=1S/C10H13BrO2/c1-7(12)2-3-8-6-9(13)4-5-10(8)11/h4-7,12-13H,2-3H2,1H3/t7-/m1/s1. The summed E-state index contributed by atoms with van der Waals surface area (Å²) in [7, 11) is 0. The Bertz CT molecular complexity index is 284. The zero-order valence-corrected chi connectivity index (χ0v) is 9.08. The topological polar surface area (TPSA) is 40.5 Å². The molecular weight excluding hydrogens is 232 g/mol. The van der Waals surface area contributed by atoms with E-state index in [2.05, 4.69) is 15.9 Å². The predicted octanol–water partition coefficient (Wildman–Crippen LogP) is 2.47. The summed E-state index contributed by atoms with van der Waals surface area (Å²) in [6, 6.07) is 5.16. The Hall–Kier alpha value is -0.540. The second-order valence-corrected chi connectivity index (χ2v) is 4.02. The van der Waals surface area contributed by atoms with Crippen LogP contribution in [0.25, 0.3) is 0 Å². The number of aromatic hydroxyl groups is 1. The first-order valence-corrected chi connectivity index (χ1v) is 5.04. The molecule has 1 rings (SSSR count). The molecule has 0 fully saturated rings. The van der Waals surface area contributed by atoms with Gasteiger partial charge in [0.15, 0.2) is 0 Å². The van der Waals surface area contributed by atoms with Gasteiger partial charge in [0.25, 0.3) is 0 Å². The second kappa shape index (κ2) is 4.63. The zero-order valence-electron chi connectivity index (χ0n) is 7.50. The zero-order chi connectivity index (χ0) is 9.84. The molecule has 0 amide bonds. The van der Waals surface area contributed by atoms with Crippen LogP contribution in [-0.4, -0.2) is 16.3 Å². The smallest absolute Gasteiger partial charge is 0.115 e. The van der Waals surface area contributed by atoms with Crippen LogP contribution in [-0.2, 0) is 6.42 Å². The minimum absolute atomic E-state index is 0.267. The van der Waals surface area contributed by atoms with Crippen LogP contribution in [0.15, 0.2) is 22.7 Å². The normalized spacial score (nSPS) is 12.8. The fourth-order valence-corrected chi connectivity index (χ4v) is 1.56. The van der Waals surface area contributed by atoms with E-state index >= 15 is 0 Å². The molecule has 2 nitrogen and oxygen atoms in total. The van der Waals surface area contributed by atoms with E-state index in [4.69, 9.17) is 5.11 Å². The maximum absolute atomic E-state index is 9.22. The fraction of sp³-hybridized carbons (Fsp3) is 0.400. The lowest BCUT2D eigenvalue weighted by molar-refractivity contribution is 0.185. The Morgan fingerprint density at radius 1 is 1.46 bits per heavy atom. The molecule has 13 heavy (non-hydrogen) atoms. The molecule has 0 unspecified atom stereocenters. The number of hydrogen-bond acceptors (Lipinski definition) is 2. The molecule has 1 atom stereocenters. The van der Waals surface area contributed by atoms with Crippen molar-refractivity contribution in [2.75, 3.05) is 0 Å². The molecule has 0 aliphatic heterocycles. The lowest BCUT2D eigenvalue weighted by Crippen LogP contribution is -2.01. The number of phenols is 1. The van der Waals surface area contributed by atoms with Crippen molar-refractivity contribution in [1.29, 1.82) is 0 Å². The summed E-state index contributed by atoms with van der Waals surface area (Å²) in [5.74, 6) is 0.267. The van der Waals surface area contributed by atoms with Gasteiger partial charge in [-0.25, -0.2) is 0 Å². The quantitative estimate of drug-likeness (QED) is 0.858. The molecule has 72 valence electrons. The molecule has 0 saturated heterocycles. The average molecular weight is 245 g/mol. The third-order valence-electron chi connectivity index (χ3n) is 1.86. The van der Waals surface area contributed by atoms with Crippen LogP contribution in [0, 0.1) is 0 Å². The summed E-state index contributed by atoms with van der Waals surface area (Å²) in [6.45, 7) is 1.76. The van der Waals surface area contributed by atoms with Crippen molar-refractivity contribution in [3.05, 3.63) is 28.2 Å². The Morgan fingerprint density at radius 2 is 2.15 bits per heavy atom. The highest BCUT2D eigenvalue weighted by Gasteiger charge is 2.03. The van der Waals surface area contributed by atoms with Crippen LogP contribution in [0.4, 0.5) is 0 Å². The number of aryl methyl sites for hydroxylation is 1. The Labute approximate surface area is 86.3 Å². The van der Waals surface area contributed by atoms with E-state index in [0.717, 1.165) is 16.5 Å². The van der Waals surface area contributed by atoms with Crippen LogP contribution < -0.4 is 0 Å². The Morgan fingerprint density at radius 3 is 2.77 bits per heavy atom. The molecule has 0 aliphatic carbocycles. The number of aliphatic hydroxyl groups excluding tert-OH is 1.